The van der Waals surface area contributed by atoms with Gasteiger partial charge in [-0.15, -0.1) is 10.2 Å². The van der Waals surface area contributed by atoms with E-state index in [0.29, 0.717) is 15.8 Å². The molecular formula is C22H24BrN5O2S. The topological polar surface area (TPSA) is 96.0 Å². The Bertz CT molecular complexity index is 1050. The summed E-state index contributed by atoms with van der Waals surface area (Å²) in [4.78, 5) is 25.4. The number of rotatable bonds is 7. The molecule has 3 aromatic rings. The molecular weight excluding hydrogens is 478 g/mol. The second kappa shape index (κ2) is 10.5. The van der Waals surface area contributed by atoms with Crippen molar-refractivity contribution in [1.82, 2.24) is 15.5 Å². The minimum absolute atomic E-state index is 0.0683. The van der Waals surface area contributed by atoms with E-state index >= 15 is 0 Å². The first-order valence-electron chi connectivity index (χ1n) is 9.90. The molecule has 0 spiro atoms. The average molecular weight is 502 g/mol. The molecule has 0 saturated carbocycles. The number of carbonyl (C=O) groups is 2. The van der Waals surface area contributed by atoms with Gasteiger partial charge < -0.3 is 10.6 Å². The Morgan fingerprint density at radius 1 is 1.10 bits per heavy atom. The molecule has 3 amide bonds. The summed E-state index contributed by atoms with van der Waals surface area (Å²) in [6.07, 6.45) is 0.725. The Hall–Kier alpha value is -2.78. The van der Waals surface area contributed by atoms with Crippen LogP contribution in [-0.2, 0) is 4.79 Å². The molecule has 0 bridgehead atoms. The number of anilines is 2. The molecule has 7 nitrogen and oxygen atoms in total. The van der Waals surface area contributed by atoms with Crippen molar-refractivity contribution in [2.24, 2.45) is 5.92 Å². The zero-order valence-electron chi connectivity index (χ0n) is 17.5. The predicted octanol–water partition coefficient (Wildman–Crippen LogP) is 5.45. The summed E-state index contributed by atoms with van der Waals surface area (Å²) in [5.74, 6) is -0.397. The van der Waals surface area contributed by atoms with Crippen molar-refractivity contribution in [2.75, 3.05) is 10.6 Å². The highest BCUT2D eigenvalue weighted by Gasteiger charge is 2.27. The fourth-order valence-electron chi connectivity index (χ4n) is 2.84. The van der Waals surface area contributed by atoms with Crippen molar-refractivity contribution in [2.45, 2.75) is 33.2 Å². The SMILES string of the molecule is CCC(C)C(NC(=O)Nc1ccc(C)cc1)C(=O)Nc1nnc(-c2cccc(Br)c2)s1. The van der Waals surface area contributed by atoms with Crippen molar-refractivity contribution in [3.8, 4) is 10.6 Å². The quantitative estimate of drug-likeness (QED) is 0.400. The Kier molecular flexibility index (Phi) is 7.75. The molecule has 1 heterocycles. The first-order valence-corrected chi connectivity index (χ1v) is 11.5. The highest BCUT2D eigenvalue weighted by Crippen LogP contribution is 2.28. The van der Waals surface area contributed by atoms with Gasteiger partial charge in [0.25, 0.3) is 0 Å². The molecule has 0 aliphatic heterocycles. The number of nitrogens with zero attached hydrogens (tertiary/aromatic N) is 2. The number of carbonyl (C=O) groups excluding carboxylic acids is 2. The van der Waals surface area contributed by atoms with Crippen molar-refractivity contribution < 1.29 is 9.59 Å². The number of hydrogen-bond donors (Lipinski definition) is 3. The zero-order chi connectivity index (χ0) is 22.4. The lowest BCUT2D eigenvalue weighted by molar-refractivity contribution is -0.119. The van der Waals surface area contributed by atoms with Crippen LogP contribution in [0.5, 0.6) is 0 Å². The number of urea groups is 1. The van der Waals surface area contributed by atoms with E-state index in [1.807, 2.05) is 69.3 Å². The minimum atomic E-state index is -0.714. The van der Waals surface area contributed by atoms with Gasteiger partial charge in [-0.2, -0.15) is 0 Å². The van der Waals surface area contributed by atoms with Crippen LogP contribution in [0.4, 0.5) is 15.6 Å². The smallest absolute Gasteiger partial charge is 0.319 e. The van der Waals surface area contributed by atoms with Crippen LogP contribution in [0, 0.1) is 12.8 Å². The predicted molar refractivity (Wildman–Crippen MR) is 128 cm³/mol. The lowest BCUT2D eigenvalue weighted by atomic mass is 9.98. The molecule has 2 atom stereocenters. The van der Waals surface area contributed by atoms with E-state index in [2.05, 4.69) is 42.1 Å². The van der Waals surface area contributed by atoms with Crippen molar-refractivity contribution in [3.05, 3.63) is 58.6 Å². The first kappa shape index (κ1) is 22.9. The first-order chi connectivity index (χ1) is 14.9. The largest absolute Gasteiger partial charge is 0.326 e. The molecule has 3 rings (SSSR count). The Morgan fingerprint density at radius 3 is 2.52 bits per heavy atom. The van der Waals surface area contributed by atoms with Crippen LogP contribution in [0.1, 0.15) is 25.8 Å². The van der Waals surface area contributed by atoms with Crippen LogP contribution in [0.25, 0.3) is 10.6 Å². The number of aromatic nitrogens is 2. The third kappa shape index (κ3) is 6.35. The van der Waals surface area contributed by atoms with Gasteiger partial charge in [-0.05, 0) is 37.1 Å². The molecule has 2 unspecified atom stereocenters. The molecule has 1 aromatic heterocycles. The molecule has 0 radical (unpaired) electrons. The van der Waals surface area contributed by atoms with E-state index < -0.39 is 12.1 Å². The highest BCUT2D eigenvalue weighted by molar-refractivity contribution is 9.10. The summed E-state index contributed by atoms with van der Waals surface area (Å²) in [5.41, 5.74) is 2.66. The van der Waals surface area contributed by atoms with Gasteiger partial charge in [0, 0.05) is 15.7 Å². The van der Waals surface area contributed by atoms with Gasteiger partial charge in [-0.25, -0.2) is 4.79 Å². The maximum absolute atomic E-state index is 12.9. The van der Waals surface area contributed by atoms with E-state index in [4.69, 9.17) is 0 Å². The third-order valence-electron chi connectivity index (χ3n) is 4.82. The second-order valence-electron chi connectivity index (χ2n) is 7.24. The Morgan fingerprint density at radius 2 is 1.84 bits per heavy atom. The molecule has 3 N–H and O–H groups in total. The van der Waals surface area contributed by atoms with E-state index in [1.165, 1.54) is 11.3 Å². The fourth-order valence-corrected chi connectivity index (χ4v) is 3.98. The summed E-state index contributed by atoms with van der Waals surface area (Å²) < 4.78 is 0.936. The molecule has 0 saturated heterocycles. The van der Waals surface area contributed by atoms with Gasteiger partial charge in [-0.1, -0.05) is 77.4 Å². The summed E-state index contributed by atoms with van der Waals surface area (Å²) in [6, 6.07) is 14.0. The van der Waals surface area contributed by atoms with Crippen LogP contribution >= 0.6 is 27.3 Å². The summed E-state index contributed by atoms with van der Waals surface area (Å²) in [5, 5.41) is 17.7. The maximum Gasteiger partial charge on any atom is 0.319 e. The lowest BCUT2D eigenvalue weighted by Gasteiger charge is -2.23. The van der Waals surface area contributed by atoms with E-state index in [1.54, 1.807) is 0 Å². The van der Waals surface area contributed by atoms with Crippen LogP contribution in [0.2, 0.25) is 0 Å². The van der Waals surface area contributed by atoms with Gasteiger partial charge in [0.1, 0.15) is 11.0 Å². The molecule has 0 aliphatic rings. The molecule has 2 aromatic carbocycles. The van der Waals surface area contributed by atoms with Crippen molar-refractivity contribution in [1.29, 1.82) is 0 Å². The van der Waals surface area contributed by atoms with Crippen LogP contribution in [0.15, 0.2) is 53.0 Å². The standard InChI is InChI=1S/C22H24BrN5O2S/c1-4-14(3)18(25-21(30)24-17-10-8-13(2)9-11-17)19(29)26-22-28-27-20(31-22)15-6-5-7-16(23)12-15/h5-12,14,18H,4H2,1-3H3,(H2,24,25,30)(H,26,28,29). The van der Waals surface area contributed by atoms with Gasteiger partial charge in [0.05, 0.1) is 0 Å². The van der Waals surface area contributed by atoms with Crippen molar-refractivity contribution in [3.63, 3.8) is 0 Å². The number of aryl methyl sites for hydroxylation is 1. The number of nitrogens with one attached hydrogen (secondary N) is 3. The number of hydrogen-bond acceptors (Lipinski definition) is 5. The highest BCUT2D eigenvalue weighted by atomic mass is 79.9. The molecule has 9 heteroatoms. The lowest BCUT2D eigenvalue weighted by Crippen LogP contribution is -2.49. The minimum Gasteiger partial charge on any atom is -0.326 e. The molecule has 0 aliphatic carbocycles. The van der Waals surface area contributed by atoms with Gasteiger partial charge in [-0.3, -0.25) is 10.1 Å². The summed E-state index contributed by atoms with van der Waals surface area (Å²) in [6.45, 7) is 5.87. The zero-order valence-corrected chi connectivity index (χ0v) is 19.9. The third-order valence-corrected chi connectivity index (χ3v) is 6.20. The summed E-state index contributed by atoms with van der Waals surface area (Å²) in [7, 11) is 0. The number of amides is 3. The number of halogens is 1. The van der Waals surface area contributed by atoms with Gasteiger partial charge in [0.2, 0.25) is 11.0 Å². The van der Waals surface area contributed by atoms with Crippen molar-refractivity contribution >= 4 is 50.0 Å². The molecule has 162 valence electrons. The Balaban J connectivity index is 1.67. The summed E-state index contributed by atoms with van der Waals surface area (Å²) >= 11 is 4.72. The molecule has 0 fully saturated rings. The average Bonchev–Trinajstić information content (AvgIpc) is 3.21. The second-order valence-corrected chi connectivity index (χ2v) is 9.13. The van der Waals surface area contributed by atoms with Crippen LogP contribution in [0.3, 0.4) is 0 Å². The van der Waals surface area contributed by atoms with Crippen LogP contribution in [-0.4, -0.2) is 28.2 Å². The monoisotopic (exact) mass is 501 g/mol. The normalized spacial score (nSPS) is 12.6. The maximum atomic E-state index is 12.9. The van der Waals surface area contributed by atoms with E-state index in [-0.39, 0.29) is 11.8 Å². The van der Waals surface area contributed by atoms with Gasteiger partial charge >= 0.3 is 6.03 Å². The fraction of sp³-hybridized carbons (Fsp3) is 0.273. The van der Waals surface area contributed by atoms with Gasteiger partial charge in [0.15, 0.2) is 0 Å². The van der Waals surface area contributed by atoms with Crippen LogP contribution < -0.4 is 16.0 Å². The molecule has 31 heavy (non-hydrogen) atoms. The Labute approximate surface area is 193 Å². The van der Waals surface area contributed by atoms with E-state index in [9.17, 15) is 9.59 Å². The van der Waals surface area contributed by atoms with E-state index in [0.717, 1.165) is 22.0 Å². The number of benzene rings is 2.